The quantitative estimate of drug-likeness (QED) is 0.894. The molecule has 2 nitrogen and oxygen atoms in total. The van der Waals surface area contributed by atoms with Gasteiger partial charge >= 0.3 is 0 Å². The largest absolute Gasteiger partial charge is 0.370 e. The molecule has 0 radical (unpaired) electrons. The highest BCUT2D eigenvalue weighted by molar-refractivity contribution is 5.48. The summed E-state index contributed by atoms with van der Waals surface area (Å²) >= 11 is 0. The van der Waals surface area contributed by atoms with E-state index in [9.17, 15) is 8.78 Å². The Morgan fingerprint density at radius 1 is 1.26 bits per heavy atom. The Bertz CT molecular complexity index is 598. The lowest BCUT2D eigenvalue weighted by atomic mass is 9.87. The van der Waals surface area contributed by atoms with Crippen molar-refractivity contribution in [1.29, 1.82) is 0 Å². The smallest absolute Gasteiger partial charge is 0.129 e. The first-order chi connectivity index (χ1) is 9.24. The lowest BCUT2D eigenvalue weighted by Crippen LogP contribution is -2.19. The van der Waals surface area contributed by atoms with Crippen LogP contribution in [-0.4, -0.2) is 11.5 Å². The molecule has 19 heavy (non-hydrogen) atoms. The second-order valence-corrected chi connectivity index (χ2v) is 4.79. The number of benzene rings is 1. The molecular weight excluding hydrogens is 246 g/mol. The Hall–Kier alpha value is -1.97. The summed E-state index contributed by atoms with van der Waals surface area (Å²) in [6.45, 7) is 0.811. The average Bonchev–Trinajstić information content (AvgIpc) is 2.43. The van der Waals surface area contributed by atoms with Crippen molar-refractivity contribution in [3.63, 3.8) is 0 Å². The normalized spacial score (nSPS) is 17.7. The van der Waals surface area contributed by atoms with Gasteiger partial charge in [0.25, 0.3) is 0 Å². The van der Waals surface area contributed by atoms with Gasteiger partial charge in [0, 0.05) is 12.7 Å². The van der Waals surface area contributed by atoms with E-state index in [4.69, 9.17) is 0 Å². The summed E-state index contributed by atoms with van der Waals surface area (Å²) in [5, 5.41) is 3.23. The number of aromatic nitrogens is 1. The van der Waals surface area contributed by atoms with Gasteiger partial charge in [-0.2, -0.15) is 0 Å². The predicted octanol–water partition coefficient (Wildman–Crippen LogP) is 3.50. The molecule has 0 bridgehead atoms. The third-order valence-corrected chi connectivity index (χ3v) is 3.54. The van der Waals surface area contributed by atoms with Gasteiger partial charge < -0.3 is 5.32 Å². The summed E-state index contributed by atoms with van der Waals surface area (Å²) in [6.07, 6.45) is 3.13. The molecule has 1 N–H and O–H groups in total. The van der Waals surface area contributed by atoms with Crippen LogP contribution in [0.25, 0.3) is 0 Å². The first kappa shape index (κ1) is 12.1. The molecule has 0 saturated carbocycles. The van der Waals surface area contributed by atoms with E-state index in [0.717, 1.165) is 30.4 Å². The minimum absolute atomic E-state index is 0.182. The highest BCUT2D eigenvalue weighted by Gasteiger charge is 2.22. The number of fused-ring (bicyclic) bond motifs is 1. The van der Waals surface area contributed by atoms with Gasteiger partial charge in [-0.3, -0.25) is 0 Å². The van der Waals surface area contributed by atoms with Crippen LogP contribution in [-0.2, 0) is 6.42 Å². The number of hydrogen-bond donors (Lipinski definition) is 1. The van der Waals surface area contributed by atoms with E-state index < -0.39 is 5.82 Å². The number of nitrogens with one attached hydrogen (secondary N) is 1. The van der Waals surface area contributed by atoms with E-state index in [1.165, 1.54) is 12.1 Å². The molecule has 0 spiro atoms. The van der Waals surface area contributed by atoms with Gasteiger partial charge in [0.1, 0.15) is 17.5 Å². The Morgan fingerprint density at radius 3 is 3.05 bits per heavy atom. The average molecular weight is 260 g/mol. The van der Waals surface area contributed by atoms with Crippen LogP contribution in [0.1, 0.15) is 23.5 Å². The molecular formula is C15H14F2N2. The molecule has 1 aliphatic heterocycles. The first-order valence-corrected chi connectivity index (χ1v) is 6.37. The molecule has 2 aromatic rings. The van der Waals surface area contributed by atoms with Crippen LogP contribution in [0, 0.1) is 11.6 Å². The zero-order valence-electron chi connectivity index (χ0n) is 10.4. The molecule has 1 aliphatic rings. The molecule has 98 valence electrons. The van der Waals surface area contributed by atoms with E-state index in [1.807, 2.05) is 12.1 Å². The standard InChI is InChI=1S/C15H14F2N2/c16-12-3-4-14(17)11(9-12)8-10-5-7-19-15-13(10)2-1-6-18-15/h1-4,6,9-10H,5,7-8H2,(H,18,19)/t10-/m0/s1. The molecule has 3 rings (SSSR count). The fraction of sp³-hybridized carbons (Fsp3) is 0.267. The third-order valence-electron chi connectivity index (χ3n) is 3.54. The molecule has 4 heteroatoms. The zero-order valence-corrected chi connectivity index (χ0v) is 10.4. The number of halogens is 2. The topological polar surface area (TPSA) is 24.9 Å². The monoisotopic (exact) mass is 260 g/mol. The number of hydrogen-bond acceptors (Lipinski definition) is 2. The van der Waals surface area contributed by atoms with Gasteiger partial charge in [-0.05, 0) is 54.2 Å². The zero-order chi connectivity index (χ0) is 13.2. The van der Waals surface area contributed by atoms with Gasteiger partial charge in [-0.15, -0.1) is 0 Å². The fourth-order valence-electron chi connectivity index (χ4n) is 2.59. The van der Waals surface area contributed by atoms with Crippen molar-refractivity contribution in [1.82, 2.24) is 4.98 Å². The van der Waals surface area contributed by atoms with Crippen LogP contribution in [0.3, 0.4) is 0 Å². The van der Waals surface area contributed by atoms with Gasteiger partial charge in [0.2, 0.25) is 0 Å². The molecule has 2 heterocycles. The van der Waals surface area contributed by atoms with Crippen molar-refractivity contribution in [2.45, 2.75) is 18.8 Å². The van der Waals surface area contributed by atoms with Gasteiger partial charge in [-0.25, -0.2) is 13.8 Å². The molecule has 1 atom stereocenters. The number of nitrogens with zero attached hydrogens (tertiary/aromatic N) is 1. The molecule has 1 aromatic carbocycles. The van der Waals surface area contributed by atoms with E-state index >= 15 is 0 Å². The Kier molecular flexibility index (Phi) is 3.15. The maximum atomic E-state index is 13.7. The van der Waals surface area contributed by atoms with E-state index in [0.29, 0.717) is 12.0 Å². The molecule has 1 aromatic heterocycles. The summed E-state index contributed by atoms with van der Waals surface area (Å²) in [5.41, 5.74) is 1.51. The summed E-state index contributed by atoms with van der Waals surface area (Å²) in [6, 6.07) is 7.50. The molecule has 0 aliphatic carbocycles. The second-order valence-electron chi connectivity index (χ2n) is 4.79. The van der Waals surface area contributed by atoms with Gasteiger partial charge in [0.15, 0.2) is 0 Å². The molecule has 0 unspecified atom stereocenters. The van der Waals surface area contributed by atoms with Crippen LogP contribution >= 0.6 is 0 Å². The minimum Gasteiger partial charge on any atom is -0.370 e. The Balaban J connectivity index is 1.90. The summed E-state index contributed by atoms with van der Waals surface area (Å²) in [4.78, 5) is 4.27. The van der Waals surface area contributed by atoms with Crippen molar-refractivity contribution in [3.05, 3.63) is 59.3 Å². The minimum atomic E-state index is -0.392. The van der Waals surface area contributed by atoms with Gasteiger partial charge in [0.05, 0.1) is 0 Å². The van der Waals surface area contributed by atoms with E-state index in [-0.39, 0.29) is 11.7 Å². The molecule has 0 saturated heterocycles. The lowest BCUT2D eigenvalue weighted by molar-refractivity contribution is 0.556. The van der Waals surface area contributed by atoms with Crippen molar-refractivity contribution in [2.24, 2.45) is 0 Å². The number of pyridine rings is 1. The summed E-state index contributed by atoms with van der Waals surface area (Å²) in [5.74, 6) is 0.305. The maximum Gasteiger partial charge on any atom is 0.129 e. The SMILES string of the molecule is Fc1ccc(F)c(C[C@@H]2CCNc3ncccc32)c1. The Labute approximate surface area is 110 Å². The van der Waals surface area contributed by atoms with Crippen molar-refractivity contribution >= 4 is 5.82 Å². The Morgan fingerprint density at radius 2 is 2.16 bits per heavy atom. The van der Waals surface area contributed by atoms with Crippen LogP contribution in [0.2, 0.25) is 0 Å². The summed E-state index contributed by atoms with van der Waals surface area (Å²) in [7, 11) is 0. The van der Waals surface area contributed by atoms with Crippen LogP contribution < -0.4 is 5.32 Å². The van der Waals surface area contributed by atoms with Crippen LogP contribution in [0.5, 0.6) is 0 Å². The first-order valence-electron chi connectivity index (χ1n) is 6.37. The second kappa shape index (κ2) is 4.96. The predicted molar refractivity (Wildman–Crippen MR) is 70.1 cm³/mol. The fourth-order valence-corrected chi connectivity index (χ4v) is 2.59. The van der Waals surface area contributed by atoms with Crippen molar-refractivity contribution < 1.29 is 8.78 Å². The third kappa shape index (κ3) is 2.43. The number of rotatable bonds is 2. The highest BCUT2D eigenvalue weighted by atomic mass is 19.1. The lowest BCUT2D eigenvalue weighted by Gasteiger charge is -2.25. The highest BCUT2D eigenvalue weighted by Crippen LogP contribution is 2.32. The van der Waals surface area contributed by atoms with Crippen molar-refractivity contribution in [3.8, 4) is 0 Å². The summed E-state index contributed by atoms with van der Waals surface area (Å²) < 4.78 is 26.9. The van der Waals surface area contributed by atoms with Gasteiger partial charge in [-0.1, -0.05) is 6.07 Å². The number of anilines is 1. The molecule has 0 fully saturated rings. The van der Waals surface area contributed by atoms with Crippen LogP contribution in [0.15, 0.2) is 36.5 Å². The van der Waals surface area contributed by atoms with Crippen LogP contribution in [0.4, 0.5) is 14.6 Å². The van der Waals surface area contributed by atoms with E-state index in [2.05, 4.69) is 10.3 Å². The molecule has 0 amide bonds. The maximum absolute atomic E-state index is 13.7. The van der Waals surface area contributed by atoms with E-state index in [1.54, 1.807) is 6.20 Å². The van der Waals surface area contributed by atoms with Crippen molar-refractivity contribution in [2.75, 3.05) is 11.9 Å².